The molecule has 0 saturated carbocycles. The molecule has 2 unspecified atom stereocenters. The molecule has 1 heterocycles. The Bertz CT molecular complexity index is 393. The Hall–Kier alpha value is -0.860. The van der Waals surface area contributed by atoms with Crippen LogP contribution in [0.2, 0.25) is 0 Å². The molecule has 0 radical (unpaired) electrons. The lowest BCUT2D eigenvalue weighted by Crippen LogP contribution is -2.44. The van der Waals surface area contributed by atoms with Gasteiger partial charge in [0.1, 0.15) is 0 Å². The number of rotatable bonds is 7. The smallest absolute Gasteiger partial charge is 0.0320 e. The highest BCUT2D eigenvalue weighted by Crippen LogP contribution is 2.22. The first-order valence-corrected chi connectivity index (χ1v) is 8.80. The van der Waals surface area contributed by atoms with E-state index in [9.17, 15) is 0 Å². The lowest BCUT2D eigenvalue weighted by molar-refractivity contribution is 0.176. The second-order valence-corrected chi connectivity index (χ2v) is 6.41. The van der Waals surface area contributed by atoms with Crippen LogP contribution in [-0.2, 0) is 6.42 Å². The molecule has 1 saturated heterocycles. The predicted molar refractivity (Wildman–Crippen MR) is 91.7 cm³/mol. The molecule has 0 bridgehead atoms. The van der Waals surface area contributed by atoms with Crippen molar-refractivity contribution in [2.45, 2.75) is 65.0 Å². The molecule has 2 atom stereocenters. The van der Waals surface area contributed by atoms with Crippen LogP contribution < -0.4 is 5.32 Å². The first-order chi connectivity index (χ1) is 10.2. The lowest BCUT2D eigenvalue weighted by atomic mass is 10.0. The van der Waals surface area contributed by atoms with Crippen molar-refractivity contribution in [3.63, 3.8) is 0 Å². The van der Waals surface area contributed by atoms with Gasteiger partial charge in [-0.3, -0.25) is 4.90 Å². The summed E-state index contributed by atoms with van der Waals surface area (Å²) in [5.41, 5.74) is 2.89. The van der Waals surface area contributed by atoms with Crippen molar-refractivity contribution in [3.8, 4) is 0 Å². The Morgan fingerprint density at radius 3 is 2.52 bits per heavy atom. The van der Waals surface area contributed by atoms with E-state index < -0.39 is 0 Å². The molecule has 2 heteroatoms. The summed E-state index contributed by atoms with van der Waals surface area (Å²) in [6.07, 6.45) is 6.42. The second kappa shape index (κ2) is 8.55. The number of nitrogens with zero attached hydrogens (tertiary/aromatic N) is 1. The molecule has 1 N–H and O–H groups in total. The average Bonchev–Trinajstić information content (AvgIpc) is 2.55. The van der Waals surface area contributed by atoms with Crippen molar-refractivity contribution in [1.82, 2.24) is 10.2 Å². The van der Waals surface area contributed by atoms with Gasteiger partial charge in [-0.05, 0) is 56.8 Å². The van der Waals surface area contributed by atoms with Crippen LogP contribution in [0.15, 0.2) is 24.3 Å². The van der Waals surface area contributed by atoms with E-state index in [0.717, 1.165) is 6.42 Å². The van der Waals surface area contributed by atoms with Crippen molar-refractivity contribution >= 4 is 0 Å². The van der Waals surface area contributed by atoms with Crippen molar-refractivity contribution in [2.75, 3.05) is 19.6 Å². The maximum absolute atomic E-state index is 3.69. The Morgan fingerprint density at radius 2 is 1.95 bits per heavy atom. The maximum atomic E-state index is 3.69. The first kappa shape index (κ1) is 16.5. The summed E-state index contributed by atoms with van der Waals surface area (Å²) >= 11 is 0. The van der Waals surface area contributed by atoms with Crippen molar-refractivity contribution in [3.05, 3.63) is 35.4 Å². The van der Waals surface area contributed by atoms with Gasteiger partial charge in [0, 0.05) is 18.6 Å². The van der Waals surface area contributed by atoms with E-state index in [1.54, 1.807) is 0 Å². The van der Waals surface area contributed by atoms with Crippen molar-refractivity contribution in [1.29, 1.82) is 0 Å². The highest BCUT2D eigenvalue weighted by molar-refractivity contribution is 5.24. The van der Waals surface area contributed by atoms with Gasteiger partial charge in [0.05, 0.1) is 0 Å². The molecule has 21 heavy (non-hydrogen) atoms. The number of aryl methyl sites for hydroxylation is 1. The van der Waals surface area contributed by atoms with Crippen LogP contribution in [0.1, 0.15) is 63.6 Å². The van der Waals surface area contributed by atoms with E-state index in [0.29, 0.717) is 12.1 Å². The van der Waals surface area contributed by atoms with Gasteiger partial charge in [-0.1, -0.05) is 44.5 Å². The summed E-state index contributed by atoms with van der Waals surface area (Å²) < 4.78 is 0. The van der Waals surface area contributed by atoms with Crippen LogP contribution in [0, 0.1) is 0 Å². The SMILES string of the molecule is CCCN(CC1CCCCN1)C(C)c1ccc(CC)cc1. The second-order valence-electron chi connectivity index (χ2n) is 6.41. The Kier molecular flexibility index (Phi) is 6.72. The zero-order valence-corrected chi connectivity index (χ0v) is 14.1. The van der Waals surface area contributed by atoms with Gasteiger partial charge >= 0.3 is 0 Å². The molecule has 1 aliphatic heterocycles. The van der Waals surface area contributed by atoms with Crippen LogP contribution in [0.3, 0.4) is 0 Å². The summed E-state index contributed by atoms with van der Waals surface area (Å²) in [5, 5.41) is 3.69. The van der Waals surface area contributed by atoms with Crippen LogP contribution in [0.4, 0.5) is 0 Å². The molecular weight excluding hydrogens is 256 g/mol. The molecule has 1 fully saturated rings. The minimum Gasteiger partial charge on any atom is -0.313 e. The van der Waals surface area contributed by atoms with Gasteiger partial charge in [0.15, 0.2) is 0 Å². The quantitative estimate of drug-likeness (QED) is 0.810. The third-order valence-electron chi connectivity index (χ3n) is 4.80. The Labute approximate surface area is 130 Å². The Balaban J connectivity index is 2.00. The molecule has 0 spiro atoms. The highest BCUT2D eigenvalue weighted by atomic mass is 15.2. The monoisotopic (exact) mass is 288 g/mol. The van der Waals surface area contributed by atoms with E-state index in [-0.39, 0.29) is 0 Å². The molecule has 0 amide bonds. The fourth-order valence-electron chi connectivity index (χ4n) is 3.34. The summed E-state index contributed by atoms with van der Waals surface area (Å²) in [5.74, 6) is 0. The largest absolute Gasteiger partial charge is 0.313 e. The normalized spacial score (nSPS) is 20.7. The van der Waals surface area contributed by atoms with Crippen LogP contribution >= 0.6 is 0 Å². The topological polar surface area (TPSA) is 15.3 Å². The average molecular weight is 288 g/mol. The molecule has 118 valence electrons. The van der Waals surface area contributed by atoms with E-state index in [4.69, 9.17) is 0 Å². The first-order valence-electron chi connectivity index (χ1n) is 8.80. The van der Waals surface area contributed by atoms with Crippen molar-refractivity contribution < 1.29 is 0 Å². The van der Waals surface area contributed by atoms with Gasteiger partial charge in [-0.25, -0.2) is 0 Å². The highest BCUT2D eigenvalue weighted by Gasteiger charge is 2.20. The molecule has 0 aliphatic carbocycles. The van der Waals surface area contributed by atoms with E-state index in [1.165, 1.54) is 56.4 Å². The van der Waals surface area contributed by atoms with E-state index in [1.807, 2.05) is 0 Å². The van der Waals surface area contributed by atoms with E-state index in [2.05, 4.69) is 55.3 Å². The summed E-state index contributed by atoms with van der Waals surface area (Å²) in [4.78, 5) is 2.66. The molecule has 2 nitrogen and oxygen atoms in total. The van der Waals surface area contributed by atoms with Crippen LogP contribution in [-0.4, -0.2) is 30.6 Å². The van der Waals surface area contributed by atoms with Gasteiger partial charge in [0.25, 0.3) is 0 Å². The van der Waals surface area contributed by atoms with Crippen molar-refractivity contribution in [2.24, 2.45) is 0 Å². The number of piperidine rings is 1. The summed E-state index contributed by atoms with van der Waals surface area (Å²) in [7, 11) is 0. The zero-order chi connectivity index (χ0) is 15.1. The molecule has 1 aliphatic rings. The van der Waals surface area contributed by atoms with Gasteiger partial charge in [-0.15, -0.1) is 0 Å². The molecule has 0 aromatic heterocycles. The maximum Gasteiger partial charge on any atom is 0.0320 e. The fraction of sp³-hybridized carbons (Fsp3) is 0.684. The summed E-state index contributed by atoms with van der Waals surface area (Å²) in [6.45, 7) is 10.4. The standard InChI is InChI=1S/C19H32N2/c1-4-14-21(15-19-8-6-7-13-20-19)16(3)18-11-9-17(5-2)10-12-18/h9-12,16,19-20H,4-8,13-15H2,1-3H3. The third kappa shape index (κ3) is 4.82. The fourth-order valence-corrected chi connectivity index (χ4v) is 3.34. The number of benzene rings is 1. The predicted octanol–water partition coefficient (Wildman–Crippen LogP) is 4.16. The van der Waals surface area contributed by atoms with E-state index >= 15 is 0 Å². The number of nitrogens with one attached hydrogen (secondary N) is 1. The van der Waals surface area contributed by atoms with Gasteiger partial charge in [0.2, 0.25) is 0 Å². The number of hydrogen-bond donors (Lipinski definition) is 1. The van der Waals surface area contributed by atoms with Crippen LogP contribution in [0.5, 0.6) is 0 Å². The van der Waals surface area contributed by atoms with Gasteiger partial charge < -0.3 is 5.32 Å². The molecule has 2 rings (SSSR count). The molecule has 1 aromatic rings. The Morgan fingerprint density at radius 1 is 1.19 bits per heavy atom. The minimum absolute atomic E-state index is 0.514. The lowest BCUT2D eigenvalue weighted by Gasteiger charge is -2.34. The third-order valence-corrected chi connectivity index (χ3v) is 4.80. The molecular formula is C19H32N2. The zero-order valence-electron chi connectivity index (χ0n) is 14.1. The van der Waals surface area contributed by atoms with Gasteiger partial charge in [-0.2, -0.15) is 0 Å². The summed E-state index contributed by atoms with van der Waals surface area (Å²) in [6, 6.07) is 10.4. The van der Waals surface area contributed by atoms with Crippen LogP contribution in [0.25, 0.3) is 0 Å². The minimum atomic E-state index is 0.514. The number of hydrogen-bond acceptors (Lipinski definition) is 2. The molecule has 1 aromatic carbocycles.